The third-order valence-corrected chi connectivity index (χ3v) is 6.45. The van der Waals surface area contributed by atoms with Crippen LogP contribution in [0.2, 0.25) is 0 Å². The molecule has 2 aromatic rings. The first-order valence-corrected chi connectivity index (χ1v) is 12.6. The van der Waals surface area contributed by atoms with Gasteiger partial charge in [0, 0.05) is 12.2 Å². The molecular weight excluding hydrogens is 461 g/mol. The van der Waals surface area contributed by atoms with Crippen molar-refractivity contribution in [2.75, 3.05) is 23.4 Å². The van der Waals surface area contributed by atoms with E-state index >= 15 is 0 Å². The van der Waals surface area contributed by atoms with Crippen LogP contribution in [0.3, 0.4) is 0 Å². The molecule has 2 aliphatic rings. The lowest BCUT2D eigenvalue weighted by molar-refractivity contribution is -0.124. The topological polar surface area (TPSA) is 79.0 Å². The summed E-state index contributed by atoms with van der Waals surface area (Å²) >= 11 is 0. The maximum Gasteiger partial charge on any atom is 0.332 e. The van der Waals surface area contributed by atoms with Crippen molar-refractivity contribution in [1.82, 2.24) is 4.90 Å². The van der Waals surface area contributed by atoms with Crippen LogP contribution in [0.25, 0.3) is 0 Å². The zero-order valence-electron chi connectivity index (χ0n) is 20.5. The van der Waals surface area contributed by atoms with E-state index in [4.69, 9.17) is 4.74 Å². The van der Waals surface area contributed by atoms with Gasteiger partial charge in [0.15, 0.2) is 0 Å². The molecule has 190 valence electrons. The number of carbonyl (C=O) groups excluding carboxylic acids is 3. The molecule has 1 fully saturated rings. The summed E-state index contributed by atoms with van der Waals surface area (Å²) in [5.74, 6) is -0.598. The molecule has 4 amide bonds. The van der Waals surface area contributed by atoms with Crippen molar-refractivity contribution in [2.24, 2.45) is 0 Å². The number of anilines is 2. The SMILES string of the molecule is CCCOc1ccc(NC(=O)CC2C(=O)N(c3ccc(F)cc3)C(=O)N2CCC2=CCCCC2)cc1. The van der Waals surface area contributed by atoms with Crippen LogP contribution in [0.15, 0.2) is 60.2 Å². The lowest BCUT2D eigenvalue weighted by Gasteiger charge is -2.23. The van der Waals surface area contributed by atoms with Crippen LogP contribution in [0.1, 0.15) is 51.9 Å². The molecule has 8 heteroatoms. The molecule has 0 saturated carbocycles. The van der Waals surface area contributed by atoms with Gasteiger partial charge in [0.2, 0.25) is 5.91 Å². The van der Waals surface area contributed by atoms with Crippen LogP contribution in [0, 0.1) is 5.82 Å². The highest BCUT2D eigenvalue weighted by Gasteiger charge is 2.46. The Bertz CT molecular complexity index is 1110. The maximum absolute atomic E-state index is 13.4. The Morgan fingerprint density at radius 1 is 1.08 bits per heavy atom. The van der Waals surface area contributed by atoms with Gasteiger partial charge < -0.3 is 15.0 Å². The second-order valence-electron chi connectivity index (χ2n) is 9.13. The van der Waals surface area contributed by atoms with E-state index < -0.39 is 23.8 Å². The summed E-state index contributed by atoms with van der Waals surface area (Å²) in [6, 6.07) is 10.8. The van der Waals surface area contributed by atoms with Crippen LogP contribution < -0.4 is 15.0 Å². The van der Waals surface area contributed by atoms with Crippen molar-refractivity contribution in [3.05, 3.63) is 66.0 Å². The normalized spacial score (nSPS) is 17.8. The third-order valence-electron chi connectivity index (χ3n) is 6.45. The first kappa shape index (κ1) is 25.4. The van der Waals surface area contributed by atoms with Gasteiger partial charge in [0.05, 0.1) is 18.7 Å². The average molecular weight is 494 g/mol. The van der Waals surface area contributed by atoms with Crippen molar-refractivity contribution in [2.45, 2.75) is 57.9 Å². The van der Waals surface area contributed by atoms with Gasteiger partial charge in [-0.3, -0.25) is 9.59 Å². The van der Waals surface area contributed by atoms with E-state index in [-0.39, 0.29) is 12.3 Å². The molecule has 0 radical (unpaired) electrons. The molecule has 0 aromatic heterocycles. The fourth-order valence-corrected chi connectivity index (χ4v) is 4.55. The van der Waals surface area contributed by atoms with E-state index in [0.717, 1.165) is 37.0 Å². The van der Waals surface area contributed by atoms with Crippen LogP contribution in [-0.2, 0) is 9.59 Å². The van der Waals surface area contributed by atoms with E-state index in [1.165, 1.54) is 34.7 Å². The van der Waals surface area contributed by atoms with Gasteiger partial charge in [-0.2, -0.15) is 0 Å². The van der Waals surface area contributed by atoms with Gasteiger partial charge in [-0.15, -0.1) is 0 Å². The number of benzene rings is 2. The second-order valence-corrected chi connectivity index (χ2v) is 9.13. The lowest BCUT2D eigenvalue weighted by atomic mass is 9.97. The summed E-state index contributed by atoms with van der Waals surface area (Å²) in [6.45, 7) is 2.98. The number of nitrogens with one attached hydrogen (secondary N) is 1. The molecule has 1 aliphatic heterocycles. The standard InChI is InChI=1S/C28H32FN3O4/c1-2-18-36-24-14-10-22(11-15-24)30-26(33)19-25-27(34)32(23-12-8-21(29)9-13-23)28(35)31(25)17-16-20-6-4-3-5-7-20/h6,8-15,25H,2-5,7,16-19H2,1H3,(H,30,33). The largest absolute Gasteiger partial charge is 0.494 e. The zero-order chi connectivity index (χ0) is 25.5. The quantitative estimate of drug-likeness (QED) is 0.342. The highest BCUT2D eigenvalue weighted by molar-refractivity contribution is 6.22. The zero-order valence-corrected chi connectivity index (χ0v) is 20.5. The van der Waals surface area contributed by atoms with Gasteiger partial charge in [-0.05, 0) is 87.1 Å². The predicted molar refractivity (Wildman–Crippen MR) is 136 cm³/mol. The van der Waals surface area contributed by atoms with Crippen molar-refractivity contribution in [3.8, 4) is 5.75 Å². The number of nitrogens with zero attached hydrogens (tertiary/aromatic N) is 2. The summed E-state index contributed by atoms with van der Waals surface area (Å²) in [6.07, 6.45) is 7.89. The minimum atomic E-state index is -0.932. The van der Waals surface area contributed by atoms with Crippen LogP contribution in [-0.4, -0.2) is 41.9 Å². The molecule has 1 saturated heterocycles. The van der Waals surface area contributed by atoms with Crippen LogP contribution in [0.4, 0.5) is 20.6 Å². The minimum Gasteiger partial charge on any atom is -0.494 e. The molecule has 4 rings (SSSR count). The number of ether oxygens (including phenoxy) is 1. The Hall–Kier alpha value is -3.68. The Morgan fingerprint density at radius 2 is 1.83 bits per heavy atom. The molecule has 1 unspecified atom stereocenters. The molecule has 0 spiro atoms. The Labute approximate surface area is 210 Å². The number of amides is 4. The number of allylic oxidation sites excluding steroid dienone is 1. The summed E-state index contributed by atoms with van der Waals surface area (Å²) < 4.78 is 19.0. The average Bonchev–Trinajstić information content (AvgIpc) is 3.12. The van der Waals surface area contributed by atoms with E-state index in [1.807, 2.05) is 6.92 Å². The Morgan fingerprint density at radius 3 is 2.50 bits per heavy atom. The number of imide groups is 1. The number of rotatable bonds is 10. The van der Waals surface area contributed by atoms with Gasteiger partial charge in [-0.1, -0.05) is 18.6 Å². The molecular formula is C28H32FN3O4. The van der Waals surface area contributed by atoms with E-state index in [1.54, 1.807) is 24.3 Å². The number of hydrogen-bond acceptors (Lipinski definition) is 4. The fraction of sp³-hybridized carbons (Fsp3) is 0.393. The first-order chi connectivity index (χ1) is 17.5. The van der Waals surface area contributed by atoms with Gasteiger partial charge in [0.25, 0.3) is 5.91 Å². The minimum absolute atomic E-state index is 0.171. The highest BCUT2D eigenvalue weighted by Crippen LogP contribution is 2.29. The Balaban J connectivity index is 1.48. The molecule has 0 bridgehead atoms. The van der Waals surface area contributed by atoms with Crippen molar-refractivity contribution >= 4 is 29.2 Å². The highest BCUT2D eigenvalue weighted by atomic mass is 19.1. The lowest BCUT2D eigenvalue weighted by Crippen LogP contribution is -2.38. The predicted octanol–water partition coefficient (Wildman–Crippen LogP) is 5.67. The number of halogens is 1. The summed E-state index contributed by atoms with van der Waals surface area (Å²) in [5.41, 5.74) is 2.14. The van der Waals surface area contributed by atoms with Gasteiger partial charge >= 0.3 is 6.03 Å². The molecule has 36 heavy (non-hydrogen) atoms. The molecule has 2 aromatic carbocycles. The molecule has 1 atom stereocenters. The van der Waals surface area contributed by atoms with Crippen molar-refractivity contribution < 1.29 is 23.5 Å². The summed E-state index contributed by atoms with van der Waals surface area (Å²) in [5, 5.41) is 2.81. The number of carbonyl (C=O) groups is 3. The van der Waals surface area contributed by atoms with Crippen molar-refractivity contribution in [3.63, 3.8) is 0 Å². The van der Waals surface area contributed by atoms with Crippen LogP contribution in [0.5, 0.6) is 5.75 Å². The molecule has 7 nitrogen and oxygen atoms in total. The van der Waals surface area contributed by atoms with Gasteiger partial charge in [0.1, 0.15) is 17.6 Å². The molecule has 1 heterocycles. The van der Waals surface area contributed by atoms with Crippen molar-refractivity contribution in [1.29, 1.82) is 0 Å². The summed E-state index contributed by atoms with van der Waals surface area (Å²) in [7, 11) is 0. The first-order valence-electron chi connectivity index (χ1n) is 12.6. The monoisotopic (exact) mass is 493 g/mol. The fourth-order valence-electron chi connectivity index (χ4n) is 4.55. The molecule has 1 N–H and O–H groups in total. The smallest absolute Gasteiger partial charge is 0.332 e. The number of hydrogen-bond donors (Lipinski definition) is 1. The number of urea groups is 1. The molecule has 1 aliphatic carbocycles. The Kier molecular flexibility index (Phi) is 8.36. The van der Waals surface area contributed by atoms with E-state index in [9.17, 15) is 18.8 Å². The van der Waals surface area contributed by atoms with Gasteiger partial charge in [-0.25, -0.2) is 14.1 Å². The summed E-state index contributed by atoms with van der Waals surface area (Å²) in [4.78, 5) is 42.1. The maximum atomic E-state index is 13.4. The van der Waals surface area contributed by atoms with E-state index in [2.05, 4.69) is 11.4 Å². The van der Waals surface area contributed by atoms with E-state index in [0.29, 0.717) is 36.7 Å². The van der Waals surface area contributed by atoms with Crippen LogP contribution >= 0.6 is 0 Å². The third kappa shape index (κ3) is 6.11. The second kappa shape index (κ2) is 11.8.